The summed E-state index contributed by atoms with van der Waals surface area (Å²) >= 11 is 1.33. The van der Waals surface area contributed by atoms with Gasteiger partial charge in [0.25, 0.3) is 0 Å². The Morgan fingerprint density at radius 3 is 2.48 bits per heavy atom. The zero-order chi connectivity index (χ0) is 15.2. The molecule has 118 valence electrons. The highest BCUT2D eigenvalue weighted by Crippen LogP contribution is 2.41. The number of piperazine rings is 1. The number of hydrogen-bond acceptors (Lipinski definition) is 5. The van der Waals surface area contributed by atoms with Gasteiger partial charge in [-0.25, -0.2) is 4.39 Å². The molecule has 0 bridgehead atoms. The summed E-state index contributed by atoms with van der Waals surface area (Å²) in [6.45, 7) is 5.00. The summed E-state index contributed by atoms with van der Waals surface area (Å²) in [6.07, 6.45) is 2.59. The molecule has 1 fully saturated rings. The number of hydrogen-bond donors (Lipinski definition) is 1. The molecule has 0 unspecified atom stereocenters. The molecule has 21 heavy (non-hydrogen) atoms. The maximum Gasteiger partial charge on any atom is 0.177 e. The number of ether oxygens (including phenoxy) is 2. The summed E-state index contributed by atoms with van der Waals surface area (Å²) < 4.78 is 25.0. The Hall–Kier alpha value is -0.980. The van der Waals surface area contributed by atoms with Gasteiger partial charge in [0.1, 0.15) is 5.82 Å². The Bertz CT molecular complexity index is 479. The van der Waals surface area contributed by atoms with Crippen molar-refractivity contribution >= 4 is 11.8 Å². The second-order valence-electron chi connectivity index (χ2n) is 4.96. The maximum absolute atomic E-state index is 14.2. The maximum atomic E-state index is 14.2. The number of nitrogens with one attached hydrogen (secondary N) is 1. The van der Waals surface area contributed by atoms with Crippen LogP contribution in [0.15, 0.2) is 11.0 Å². The first-order valence-corrected chi connectivity index (χ1v) is 8.34. The lowest BCUT2D eigenvalue weighted by atomic mass is 10.1. The lowest BCUT2D eigenvalue weighted by Gasteiger charge is -2.27. The molecule has 1 aromatic carbocycles. The zero-order valence-electron chi connectivity index (χ0n) is 12.9. The van der Waals surface area contributed by atoms with Gasteiger partial charge >= 0.3 is 0 Å². The Morgan fingerprint density at radius 1 is 1.24 bits per heavy atom. The smallest absolute Gasteiger partial charge is 0.177 e. The van der Waals surface area contributed by atoms with Crippen LogP contribution >= 0.6 is 11.8 Å². The Morgan fingerprint density at radius 2 is 1.90 bits per heavy atom. The van der Waals surface area contributed by atoms with Crippen molar-refractivity contribution in [3.05, 3.63) is 17.4 Å². The van der Waals surface area contributed by atoms with Crippen LogP contribution in [0.25, 0.3) is 0 Å². The highest BCUT2D eigenvalue weighted by Gasteiger charge is 2.20. The van der Waals surface area contributed by atoms with E-state index in [0.29, 0.717) is 16.4 Å². The number of thioether (sulfide) groups is 1. The normalized spacial score (nSPS) is 16.0. The minimum Gasteiger partial charge on any atom is -0.493 e. The highest BCUT2D eigenvalue weighted by atomic mass is 32.2. The average molecular weight is 314 g/mol. The molecular formula is C15H23FN2O2S. The molecule has 2 rings (SSSR count). The number of nitrogens with zero attached hydrogens (tertiary/aromatic N) is 1. The first-order chi connectivity index (χ1) is 10.2. The minimum atomic E-state index is -0.240. The molecule has 1 aliphatic rings. The van der Waals surface area contributed by atoms with Gasteiger partial charge in [0.05, 0.1) is 19.1 Å². The summed E-state index contributed by atoms with van der Waals surface area (Å²) in [5.74, 6) is 0.911. The monoisotopic (exact) mass is 314 g/mol. The fourth-order valence-electron chi connectivity index (χ4n) is 2.64. The van der Waals surface area contributed by atoms with Crippen molar-refractivity contribution in [3.8, 4) is 11.5 Å². The molecule has 1 N–H and O–H groups in total. The second-order valence-corrected chi connectivity index (χ2v) is 5.78. The first-order valence-electron chi connectivity index (χ1n) is 7.11. The van der Waals surface area contributed by atoms with Gasteiger partial charge in [-0.3, -0.25) is 0 Å². The molecule has 1 heterocycles. The standard InChI is InChI=1S/C15H23FN2O2S/c1-19-13-11(4-7-18-8-5-17-6-9-18)10-12(16)15(21-3)14(13)20-2/h10,17H,4-9H2,1-3H3. The second kappa shape index (κ2) is 7.87. The van der Waals surface area contributed by atoms with Gasteiger partial charge in [-0.2, -0.15) is 0 Å². The van der Waals surface area contributed by atoms with Crippen LogP contribution in [0.5, 0.6) is 11.5 Å². The van der Waals surface area contributed by atoms with E-state index in [4.69, 9.17) is 9.47 Å². The summed E-state index contributed by atoms with van der Waals surface area (Å²) in [5, 5.41) is 3.33. The minimum absolute atomic E-state index is 0.240. The van der Waals surface area contributed by atoms with Crippen LogP contribution in [0.1, 0.15) is 5.56 Å². The summed E-state index contributed by atoms with van der Waals surface area (Å²) in [6, 6.07) is 1.58. The summed E-state index contributed by atoms with van der Waals surface area (Å²) in [5.41, 5.74) is 0.864. The summed E-state index contributed by atoms with van der Waals surface area (Å²) in [4.78, 5) is 2.88. The van der Waals surface area contributed by atoms with E-state index in [2.05, 4.69) is 10.2 Å². The number of methoxy groups -OCH3 is 2. The van der Waals surface area contributed by atoms with Gasteiger partial charge in [0, 0.05) is 38.3 Å². The van der Waals surface area contributed by atoms with Crippen LogP contribution in [0, 0.1) is 5.82 Å². The van der Waals surface area contributed by atoms with Crippen LogP contribution in [-0.2, 0) is 6.42 Å². The van der Waals surface area contributed by atoms with Crippen molar-refractivity contribution in [2.75, 3.05) is 53.2 Å². The van der Waals surface area contributed by atoms with E-state index in [-0.39, 0.29) is 5.82 Å². The predicted molar refractivity (Wildman–Crippen MR) is 84.3 cm³/mol. The Kier molecular flexibility index (Phi) is 6.14. The van der Waals surface area contributed by atoms with E-state index in [1.807, 2.05) is 6.26 Å². The molecule has 4 nitrogen and oxygen atoms in total. The van der Waals surface area contributed by atoms with Crippen LogP contribution in [0.2, 0.25) is 0 Å². The SMILES string of the molecule is COc1c(CCN2CCNCC2)cc(F)c(SC)c1OC. The van der Waals surface area contributed by atoms with E-state index < -0.39 is 0 Å². The first kappa shape index (κ1) is 16.4. The molecule has 0 aliphatic carbocycles. The van der Waals surface area contributed by atoms with Crippen LogP contribution in [0.4, 0.5) is 4.39 Å². The van der Waals surface area contributed by atoms with Crippen LogP contribution in [-0.4, -0.2) is 58.1 Å². The third-order valence-corrected chi connectivity index (χ3v) is 4.53. The molecule has 0 saturated carbocycles. The largest absolute Gasteiger partial charge is 0.493 e. The number of benzene rings is 1. The molecule has 1 aromatic rings. The van der Waals surface area contributed by atoms with Gasteiger partial charge < -0.3 is 19.7 Å². The molecule has 0 atom stereocenters. The molecule has 0 aromatic heterocycles. The van der Waals surface area contributed by atoms with Crippen molar-refractivity contribution in [1.29, 1.82) is 0 Å². The lowest BCUT2D eigenvalue weighted by Crippen LogP contribution is -2.44. The third-order valence-electron chi connectivity index (χ3n) is 3.74. The average Bonchev–Trinajstić information content (AvgIpc) is 2.53. The van der Waals surface area contributed by atoms with E-state index in [1.54, 1.807) is 20.3 Å². The summed E-state index contributed by atoms with van der Waals surface area (Å²) in [7, 11) is 3.16. The molecular weight excluding hydrogens is 291 g/mol. The molecule has 6 heteroatoms. The molecule has 1 aliphatic heterocycles. The van der Waals surface area contributed by atoms with Crippen molar-refractivity contribution in [3.63, 3.8) is 0 Å². The number of halogens is 1. The van der Waals surface area contributed by atoms with Crippen molar-refractivity contribution in [1.82, 2.24) is 10.2 Å². The highest BCUT2D eigenvalue weighted by molar-refractivity contribution is 7.98. The van der Waals surface area contributed by atoms with E-state index in [9.17, 15) is 4.39 Å². The topological polar surface area (TPSA) is 33.7 Å². The molecule has 0 spiro atoms. The van der Waals surface area contributed by atoms with Crippen LogP contribution in [0.3, 0.4) is 0 Å². The fourth-order valence-corrected chi connectivity index (χ4v) is 3.26. The molecule has 0 amide bonds. The van der Waals surface area contributed by atoms with E-state index in [1.165, 1.54) is 11.8 Å². The molecule has 0 radical (unpaired) electrons. The zero-order valence-corrected chi connectivity index (χ0v) is 13.7. The molecule has 1 saturated heterocycles. The fraction of sp³-hybridized carbons (Fsp3) is 0.600. The van der Waals surface area contributed by atoms with E-state index in [0.717, 1.165) is 44.7 Å². The third kappa shape index (κ3) is 3.81. The van der Waals surface area contributed by atoms with Crippen molar-refractivity contribution < 1.29 is 13.9 Å². The Labute approximate surface area is 130 Å². The van der Waals surface area contributed by atoms with Gasteiger partial charge in [0.2, 0.25) is 0 Å². The quantitative estimate of drug-likeness (QED) is 0.813. The van der Waals surface area contributed by atoms with Gasteiger partial charge in [-0.1, -0.05) is 0 Å². The predicted octanol–water partition coefficient (Wildman–Crippen LogP) is 2.01. The van der Waals surface area contributed by atoms with Gasteiger partial charge in [-0.15, -0.1) is 11.8 Å². The van der Waals surface area contributed by atoms with Gasteiger partial charge in [-0.05, 0) is 18.7 Å². The lowest BCUT2D eigenvalue weighted by molar-refractivity contribution is 0.242. The van der Waals surface area contributed by atoms with Crippen molar-refractivity contribution in [2.45, 2.75) is 11.3 Å². The number of rotatable bonds is 6. The van der Waals surface area contributed by atoms with E-state index >= 15 is 0 Å². The van der Waals surface area contributed by atoms with Crippen molar-refractivity contribution in [2.24, 2.45) is 0 Å². The van der Waals surface area contributed by atoms with Crippen LogP contribution < -0.4 is 14.8 Å². The van der Waals surface area contributed by atoms with Gasteiger partial charge in [0.15, 0.2) is 11.5 Å². The Balaban J connectivity index is 2.19.